The molecule has 122 valence electrons. The molecular formula is C17H21N3O3. The van der Waals surface area contributed by atoms with Gasteiger partial charge in [0, 0.05) is 13.0 Å². The number of benzene rings is 1. The monoisotopic (exact) mass is 315 g/mol. The predicted molar refractivity (Wildman–Crippen MR) is 86.8 cm³/mol. The summed E-state index contributed by atoms with van der Waals surface area (Å²) in [6.07, 6.45) is 3.68. The van der Waals surface area contributed by atoms with Crippen molar-refractivity contribution < 1.29 is 14.7 Å². The number of nitrogens with zero attached hydrogens (tertiary/aromatic N) is 2. The first-order valence-electron chi connectivity index (χ1n) is 7.75. The molecule has 0 unspecified atom stereocenters. The van der Waals surface area contributed by atoms with Crippen LogP contribution in [0.4, 0.5) is 0 Å². The zero-order valence-electron chi connectivity index (χ0n) is 13.2. The minimum Gasteiger partial charge on any atom is -0.481 e. The van der Waals surface area contributed by atoms with Gasteiger partial charge in [-0.05, 0) is 25.0 Å². The average molecular weight is 315 g/mol. The zero-order chi connectivity index (χ0) is 16.7. The Bertz CT molecular complexity index is 665. The Morgan fingerprint density at radius 3 is 2.65 bits per heavy atom. The van der Waals surface area contributed by atoms with Crippen molar-refractivity contribution in [2.45, 2.75) is 32.6 Å². The third-order valence-corrected chi connectivity index (χ3v) is 3.45. The molecule has 0 radical (unpaired) electrons. The third kappa shape index (κ3) is 4.42. The lowest BCUT2D eigenvalue weighted by atomic mass is 10.1. The number of hydrogen-bond acceptors (Lipinski definition) is 3. The van der Waals surface area contributed by atoms with E-state index >= 15 is 0 Å². The number of aliphatic carboxylic acids is 1. The highest BCUT2D eigenvalue weighted by molar-refractivity contribution is 5.95. The molecule has 0 aliphatic carbocycles. The summed E-state index contributed by atoms with van der Waals surface area (Å²) in [6, 6.07) is 9.68. The molecule has 0 bridgehead atoms. The van der Waals surface area contributed by atoms with E-state index in [1.165, 1.54) is 0 Å². The van der Waals surface area contributed by atoms with Crippen LogP contribution in [-0.2, 0) is 11.2 Å². The number of amides is 1. The molecule has 0 fully saturated rings. The number of nitrogens with one attached hydrogen (secondary N) is 1. The van der Waals surface area contributed by atoms with E-state index in [0.717, 1.165) is 24.2 Å². The standard InChI is InChI=1S/C17H21N3O3/c1-2-7-15-14(17(23)18-11-6-10-16(21)22)12-19-20(15)13-8-4-3-5-9-13/h3-5,8-9,12H,2,6-7,10-11H2,1H3,(H,18,23)(H,21,22). The Morgan fingerprint density at radius 1 is 1.26 bits per heavy atom. The highest BCUT2D eigenvalue weighted by Gasteiger charge is 2.17. The van der Waals surface area contributed by atoms with Gasteiger partial charge < -0.3 is 10.4 Å². The lowest BCUT2D eigenvalue weighted by Crippen LogP contribution is -2.25. The van der Waals surface area contributed by atoms with E-state index < -0.39 is 5.97 Å². The number of carbonyl (C=O) groups is 2. The molecule has 23 heavy (non-hydrogen) atoms. The van der Waals surface area contributed by atoms with Crippen molar-refractivity contribution in [3.63, 3.8) is 0 Å². The van der Waals surface area contributed by atoms with Gasteiger partial charge in [0.1, 0.15) is 0 Å². The molecule has 1 amide bonds. The number of rotatable bonds is 8. The largest absolute Gasteiger partial charge is 0.481 e. The Balaban J connectivity index is 2.14. The topological polar surface area (TPSA) is 84.2 Å². The molecule has 0 aliphatic rings. The predicted octanol–water partition coefficient (Wildman–Crippen LogP) is 2.42. The summed E-state index contributed by atoms with van der Waals surface area (Å²) < 4.78 is 1.79. The number of carboxylic acid groups (broad SMARTS) is 1. The van der Waals surface area contributed by atoms with E-state index in [0.29, 0.717) is 18.5 Å². The van der Waals surface area contributed by atoms with Crippen LogP contribution < -0.4 is 5.32 Å². The molecular weight excluding hydrogens is 294 g/mol. The van der Waals surface area contributed by atoms with Crippen LogP contribution in [0.1, 0.15) is 42.2 Å². The maximum atomic E-state index is 12.3. The fourth-order valence-electron chi connectivity index (χ4n) is 2.37. The van der Waals surface area contributed by atoms with Crippen LogP contribution in [0.5, 0.6) is 0 Å². The Kier molecular flexibility index (Phi) is 5.91. The highest BCUT2D eigenvalue weighted by Crippen LogP contribution is 2.16. The molecule has 1 heterocycles. The highest BCUT2D eigenvalue weighted by atomic mass is 16.4. The Hall–Kier alpha value is -2.63. The second-order valence-electron chi connectivity index (χ2n) is 5.26. The molecule has 1 aromatic carbocycles. The van der Waals surface area contributed by atoms with Gasteiger partial charge in [0.2, 0.25) is 0 Å². The maximum absolute atomic E-state index is 12.3. The Morgan fingerprint density at radius 2 is 2.00 bits per heavy atom. The van der Waals surface area contributed by atoms with E-state index in [-0.39, 0.29) is 12.3 Å². The fraction of sp³-hybridized carbons (Fsp3) is 0.353. The molecule has 2 N–H and O–H groups in total. The maximum Gasteiger partial charge on any atom is 0.303 e. The number of carbonyl (C=O) groups excluding carboxylic acids is 1. The van der Waals surface area contributed by atoms with Crippen LogP contribution in [-0.4, -0.2) is 33.3 Å². The van der Waals surface area contributed by atoms with Crippen molar-refractivity contribution in [1.29, 1.82) is 0 Å². The van der Waals surface area contributed by atoms with Gasteiger partial charge in [0.15, 0.2) is 0 Å². The van der Waals surface area contributed by atoms with Gasteiger partial charge in [-0.3, -0.25) is 9.59 Å². The van der Waals surface area contributed by atoms with Crippen LogP contribution in [0.3, 0.4) is 0 Å². The quantitative estimate of drug-likeness (QED) is 0.733. The van der Waals surface area contributed by atoms with Crippen molar-refractivity contribution in [1.82, 2.24) is 15.1 Å². The molecule has 2 rings (SSSR count). The molecule has 0 aliphatic heterocycles. The van der Waals surface area contributed by atoms with Crippen LogP contribution in [0.15, 0.2) is 36.5 Å². The summed E-state index contributed by atoms with van der Waals surface area (Å²) in [4.78, 5) is 22.8. The molecule has 6 nitrogen and oxygen atoms in total. The molecule has 0 saturated carbocycles. The SMILES string of the molecule is CCCc1c(C(=O)NCCCC(=O)O)cnn1-c1ccccc1. The molecule has 1 aromatic heterocycles. The minimum atomic E-state index is -0.859. The van der Waals surface area contributed by atoms with Crippen molar-refractivity contribution >= 4 is 11.9 Å². The lowest BCUT2D eigenvalue weighted by molar-refractivity contribution is -0.137. The Labute approximate surface area is 135 Å². The molecule has 0 atom stereocenters. The number of para-hydroxylation sites is 1. The van der Waals surface area contributed by atoms with Gasteiger partial charge in [0.25, 0.3) is 5.91 Å². The normalized spacial score (nSPS) is 10.5. The van der Waals surface area contributed by atoms with Gasteiger partial charge in [-0.15, -0.1) is 0 Å². The number of aromatic nitrogens is 2. The summed E-state index contributed by atoms with van der Waals surface area (Å²) in [5.74, 6) is -1.07. The second kappa shape index (κ2) is 8.12. The minimum absolute atomic E-state index is 0.0470. The van der Waals surface area contributed by atoms with Crippen molar-refractivity contribution in [2.24, 2.45) is 0 Å². The van der Waals surface area contributed by atoms with Crippen molar-refractivity contribution in [3.05, 3.63) is 47.8 Å². The summed E-state index contributed by atoms with van der Waals surface area (Å²) in [5.41, 5.74) is 2.33. The smallest absolute Gasteiger partial charge is 0.303 e. The van der Waals surface area contributed by atoms with Gasteiger partial charge in [0.05, 0.1) is 23.1 Å². The molecule has 0 saturated heterocycles. The second-order valence-corrected chi connectivity index (χ2v) is 5.26. The number of carboxylic acids is 1. The fourth-order valence-corrected chi connectivity index (χ4v) is 2.37. The van der Waals surface area contributed by atoms with Crippen LogP contribution in [0.25, 0.3) is 5.69 Å². The first kappa shape index (κ1) is 16.7. The van der Waals surface area contributed by atoms with E-state index in [1.54, 1.807) is 10.9 Å². The first-order valence-corrected chi connectivity index (χ1v) is 7.75. The lowest BCUT2D eigenvalue weighted by Gasteiger charge is -2.09. The van der Waals surface area contributed by atoms with Gasteiger partial charge in [-0.1, -0.05) is 31.5 Å². The summed E-state index contributed by atoms with van der Waals surface area (Å²) in [6.45, 7) is 2.39. The van der Waals surface area contributed by atoms with E-state index in [4.69, 9.17) is 5.11 Å². The number of hydrogen-bond donors (Lipinski definition) is 2. The van der Waals surface area contributed by atoms with Crippen molar-refractivity contribution in [3.8, 4) is 5.69 Å². The summed E-state index contributed by atoms with van der Waals surface area (Å²) >= 11 is 0. The van der Waals surface area contributed by atoms with Crippen LogP contribution in [0, 0.1) is 0 Å². The van der Waals surface area contributed by atoms with Gasteiger partial charge in [-0.25, -0.2) is 4.68 Å². The molecule has 2 aromatic rings. The van der Waals surface area contributed by atoms with E-state index in [2.05, 4.69) is 17.3 Å². The average Bonchev–Trinajstić information content (AvgIpc) is 2.96. The summed E-state index contributed by atoms with van der Waals surface area (Å²) in [7, 11) is 0. The van der Waals surface area contributed by atoms with E-state index in [9.17, 15) is 9.59 Å². The molecule has 6 heteroatoms. The van der Waals surface area contributed by atoms with Gasteiger partial charge >= 0.3 is 5.97 Å². The third-order valence-electron chi connectivity index (χ3n) is 3.45. The summed E-state index contributed by atoms with van der Waals surface area (Å²) in [5, 5.41) is 15.7. The van der Waals surface area contributed by atoms with Gasteiger partial charge in [-0.2, -0.15) is 5.10 Å². The van der Waals surface area contributed by atoms with E-state index in [1.807, 2.05) is 30.3 Å². The van der Waals surface area contributed by atoms with Crippen LogP contribution in [0.2, 0.25) is 0 Å². The van der Waals surface area contributed by atoms with Crippen molar-refractivity contribution in [2.75, 3.05) is 6.54 Å². The molecule has 0 spiro atoms. The van der Waals surface area contributed by atoms with Crippen LogP contribution >= 0.6 is 0 Å². The zero-order valence-corrected chi connectivity index (χ0v) is 13.2. The first-order chi connectivity index (χ1) is 11.1.